The van der Waals surface area contributed by atoms with Gasteiger partial charge >= 0.3 is 6.18 Å². The monoisotopic (exact) mass is 276 g/mol. The molecule has 3 nitrogen and oxygen atoms in total. The van der Waals surface area contributed by atoms with Gasteiger partial charge in [-0.05, 0) is 32.7 Å². The Hall–Kier alpha value is -1.04. The second-order valence-corrected chi connectivity index (χ2v) is 5.10. The van der Waals surface area contributed by atoms with E-state index in [1.807, 2.05) is 7.05 Å². The first-order valence-electron chi connectivity index (χ1n) is 6.66. The molecule has 0 atom stereocenters. The average molecular weight is 276 g/mol. The third kappa shape index (κ3) is 3.72. The summed E-state index contributed by atoms with van der Waals surface area (Å²) in [7, 11) is 1.85. The standard InChI is InChI=1S/C13H19F3N2O/c1-17-7-6-12-18-8-11(19-12)9-2-4-10(5-3-9)13(14,15)16/h8-10,17H,2-7H2,1H3. The van der Waals surface area contributed by atoms with Gasteiger partial charge < -0.3 is 9.73 Å². The van der Waals surface area contributed by atoms with Crippen molar-refractivity contribution in [3.05, 3.63) is 17.8 Å². The molecule has 1 aromatic heterocycles. The predicted octanol–water partition coefficient (Wildman–Crippen LogP) is 3.27. The lowest BCUT2D eigenvalue weighted by Gasteiger charge is -2.28. The summed E-state index contributed by atoms with van der Waals surface area (Å²) in [6.45, 7) is 0.779. The van der Waals surface area contributed by atoms with Crippen LogP contribution in [0.4, 0.5) is 13.2 Å². The van der Waals surface area contributed by atoms with Crippen molar-refractivity contribution in [3.63, 3.8) is 0 Å². The molecule has 0 saturated heterocycles. The molecule has 6 heteroatoms. The minimum absolute atomic E-state index is 0.0921. The molecule has 1 saturated carbocycles. The van der Waals surface area contributed by atoms with Gasteiger partial charge in [0, 0.05) is 18.9 Å². The number of hydrogen-bond donors (Lipinski definition) is 1. The second kappa shape index (κ2) is 5.94. The van der Waals surface area contributed by atoms with E-state index in [0.717, 1.165) is 12.3 Å². The number of halogens is 3. The molecule has 1 N–H and O–H groups in total. The summed E-state index contributed by atoms with van der Waals surface area (Å²) in [4.78, 5) is 4.17. The molecular formula is C13H19F3N2O. The lowest BCUT2D eigenvalue weighted by atomic mass is 9.81. The van der Waals surface area contributed by atoms with Gasteiger partial charge in [-0.2, -0.15) is 13.2 Å². The highest BCUT2D eigenvalue weighted by atomic mass is 19.4. The molecule has 1 aromatic rings. The number of nitrogens with one attached hydrogen (secondary N) is 1. The molecule has 1 aliphatic carbocycles. The molecule has 1 fully saturated rings. The van der Waals surface area contributed by atoms with E-state index in [9.17, 15) is 13.2 Å². The van der Waals surface area contributed by atoms with Gasteiger partial charge in [-0.15, -0.1) is 0 Å². The maximum atomic E-state index is 12.6. The van der Waals surface area contributed by atoms with E-state index in [-0.39, 0.29) is 18.8 Å². The number of alkyl halides is 3. The van der Waals surface area contributed by atoms with Crippen molar-refractivity contribution < 1.29 is 17.6 Å². The van der Waals surface area contributed by atoms with Gasteiger partial charge in [0.25, 0.3) is 0 Å². The summed E-state index contributed by atoms with van der Waals surface area (Å²) < 4.78 is 43.3. The lowest BCUT2D eigenvalue weighted by Crippen LogP contribution is -2.27. The molecule has 0 unspecified atom stereocenters. The number of hydrogen-bond acceptors (Lipinski definition) is 3. The van der Waals surface area contributed by atoms with Crippen molar-refractivity contribution >= 4 is 0 Å². The van der Waals surface area contributed by atoms with Gasteiger partial charge in [0.2, 0.25) is 0 Å². The van der Waals surface area contributed by atoms with Gasteiger partial charge in [-0.1, -0.05) is 0 Å². The van der Waals surface area contributed by atoms with Gasteiger partial charge in [0.1, 0.15) is 5.76 Å². The van der Waals surface area contributed by atoms with E-state index < -0.39 is 12.1 Å². The van der Waals surface area contributed by atoms with E-state index in [1.54, 1.807) is 6.20 Å². The Labute approximate surface area is 110 Å². The molecule has 2 rings (SSSR count). The SMILES string of the molecule is CNCCc1ncc(C2CCC(C(F)(F)F)CC2)o1. The van der Waals surface area contributed by atoms with Crippen molar-refractivity contribution in [1.82, 2.24) is 10.3 Å². The van der Waals surface area contributed by atoms with Crippen LogP contribution >= 0.6 is 0 Å². The largest absolute Gasteiger partial charge is 0.445 e. The van der Waals surface area contributed by atoms with Crippen molar-refractivity contribution in [2.45, 2.75) is 44.2 Å². The minimum atomic E-state index is -4.05. The summed E-state index contributed by atoms with van der Waals surface area (Å²) >= 11 is 0. The number of aromatic nitrogens is 1. The molecule has 1 heterocycles. The quantitative estimate of drug-likeness (QED) is 0.917. The topological polar surface area (TPSA) is 38.1 Å². The summed E-state index contributed by atoms with van der Waals surface area (Å²) in [5.41, 5.74) is 0. The molecule has 19 heavy (non-hydrogen) atoms. The van der Waals surface area contributed by atoms with Crippen LogP contribution < -0.4 is 5.32 Å². The van der Waals surface area contributed by atoms with E-state index in [1.165, 1.54) is 0 Å². The van der Waals surface area contributed by atoms with Gasteiger partial charge in [0.15, 0.2) is 5.89 Å². The van der Waals surface area contributed by atoms with Crippen molar-refractivity contribution in [2.75, 3.05) is 13.6 Å². The molecule has 0 spiro atoms. The number of nitrogens with zero attached hydrogens (tertiary/aromatic N) is 1. The molecular weight excluding hydrogens is 257 g/mol. The zero-order valence-corrected chi connectivity index (χ0v) is 11.0. The van der Waals surface area contributed by atoms with Crippen LogP contribution in [0.5, 0.6) is 0 Å². The number of rotatable bonds is 4. The van der Waals surface area contributed by atoms with E-state index in [2.05, 4.69) is 10.3 Å². The summed E-state index contributed by atoms with van der Waals surface area (Å²) in [5.74, 6) is 0.346. The summed E-state index contributed by atoms with van der Waals surface area (Å²) in [5, 5.41) is 3.00. The number of likely N-dealkylation sites (N-methyl/N-ethyl adjacent to an activating group) is 1. The second-order valence-electron chi connectivity index (χ2n) is 5.10. The van der Waals surface area contributed by atoms with Crippen LogP contribution in [0, 0.1) is 5.92 Å². The highest BCUT2D eigenvalue weighted by molar-refractivity contribution is 5.04. The van der Waals surface area contributed by atoms with Crippen molar-refractivity contribution in [3.8, 4) is 0 Å². The van der Waals surface area contributed by atoms with Crippen LogP contribution in [-0.2, 0) is 6.42 Å². The Morgan fingerprint density at radius 1 is 1.32 bits per heavy atom. The van der Waals surface area contributed by atoms with E-state index >= 15 is 0 Å². The smallest absolute Gasteiger partial charge is 0.391 e. The maximum absolute atomic E-state index is 12.6. The summed E-state index contributed by atoms with van der Waals surface area (Å²) in [6.07, 6.45) is -0.223. The predicted molar refractivity (Wildman–Crippen MR) is 64.9 cm³/mol. The first kappa shape index (κ1) is 14.4. The van der Waals surface area contributed by atoms with Crippen LogP contribution in [0.2, 0.25) is 0 Å². The van der Waals surface area contributed by atoms with Crippen LogP contribution in [0.3, 0.4) is 0 Å². The fraction of sp³-hybridized carbons (Fsp3) is 0.769. The normalized spacial score (nSPS) is 24.6. The third-order valence-electron chi connectivity index (χ3n) is 3.75. The van der Waals surface area contributed by atoms with E-state index in [0.29, 0.717) is 25.2 Å². The fourth-order valence-electron chi connectivity index (χ4n) is 2.57. The Kier molecular flexibility index (Phi) is 4.50. The molecule has 0 bridgehead atoms. The first-order valence-corrected chi connectivity index (χ1v) is 6.66. The van der Waals surface area contributed by atoms with Crippen molar-refractivity contribution in [1.29, 1.82) is 0 Å². The third-order valence-corrected chi connectivity index (χ3v) is 3.75. The summed E-state index contributed by atoms with van der Waals surface area (Å²) in [6, 6.07) is 0. The Balaban J connectivity index is 1.89. The van der Waals surface area contributed by atoms with Gasteiger partial charge in [-0.3, -0.25) is 0 Å². The molecule has 108 valence electrons. The molecule has 0 radical (unpaired) electrons. The van der Waals surface area contributed by atoms with E-state index in [4.69, 9.17) is 4.42 Å². The van der Waals surface area contributed by atoms with Crippen LogP contribution in [0.1, 0.15) is 43.3 Å². The van der Waals surface area contributed by atoms with Crippen LogP contribution in [0.15, 0.2) is 10.6 Å². The van der Waals surface area contributed by atoms with Crippen molar-refractivity contribution in [2.24, 2.45) is 5.92 Å². The minimum Gasteiger partial charge on any atom is -0.445 e. The van der Waals surface area contributed by atoms with Gasteiger partial charge in [0.05, 0.1) is 12.1 Å². The molecule has 0 aromatic carbocycles. The fourth-order valence-corrected chi connectivity index (χ4v) is 2.57. The maximum Gasteiger partial charge on any atom is 0.391 e. The first-order chi connectivity index (χ1) is 9.00. The van der Waals surface area contributed by atoms with Gasteiger partial charge in [-0.25, -0.2) is 4.98 Å². The Morgan fingerprint density at radius 2 is 2.00 bits per heavy atom. The Morgan fingerprint density at radius 3 is 2.58 bits per heavy atom. The highest BCUT2D eigenvalue weighted by Crippen LogP contribution is 2.42. The zero-order chi connectivity index (χ0) is 13.9. The average Bonchev–Trinajstić information content (AvgIpc) is 2.84. The highest BCUT2D eigenvalue weighted by Gasteiger charge is 2.42. The Bertz CT molecular complexity index is 395. The van der Waals surface area contributed by atoms with Crippen LogP contribution in [0.25, 0.3) is 0 Å². The number of oxazole rings is 1. The lowest BCUT2D eigenvalue weighted by molar-refractivity contribution is -0.182. The van der Waals surface area contributed by atoms with Crippen LogP contribution in [-0.4, -0.2) is 24.8 Å². The molecule has 0 amide bonds. The molecule has 0 aliphatic heterocycles. The molecule has 1 aliphatic rings. The zero-order valence-electron chi connectivity index (χ0n) is 11.0.